The molecule has 4 heteroatoms. The Morgan fingerprint density at radius 3 is 3.12 bits per heavy atom. The van der Waals surface area contributed by atoms with Crippen molar-refractivity contribution in [1.82, 2.24) is 9.88 Å². The molecule has 1 aliphatic rings. The zero-order chi connectivity index (χ0) is 12.1. The molecule has 0 aliphatic carbocycles. The lowest BCUT2D eigenvalue weighted by Crippen LogP contribution is -2.45. The van der Waals surface area contributed by atoms with Crippen LogP contribution in [0.4, 0.5) is 0 Å². The van der Waals surface area contributed by atoms with Crippen LogP contribution in [0.2, 0.25) is 0 Å². The van der Waals surface area contributed by atoms with Crippen LogP contribution in [0, 0.1) is 0 Å². The molecule has 0 spiro atoms. The summed E-state index contributed by atoms with van der Waals surface area (Å²) in [6.45, 7) is 1.57. The number of pyridine rings is 1. The van der Waals surface area contributed by atoms with Gasteiger partial charge in [-0.05, 0) is 31.4 Å². The standard InChI is InChI=1S/C13H19N3O/c14-11-4-3-9-16(10-11)13(17)7-6-12-5-1-2-8-15-12/h1-2,5,8,11H,3-4,6-7,9-10,14H2/t11-/m1/s1. The van der Waals surface area contributed by atoms with Gasteiger partial charge in [0, 0.05) is 37.4 Å². The molecule has 2 N–H and O–H groups in total. The lowest BCUT2D eigenvalue weighted by atomic mass is 10.1. The van der Waals surface area contributed by atoms with Gasteiger partial charge in [-0.2, -0.15) is 0 Å². The van der Waals surface area contributed by atoms with Crippen LogP contribution in [0.3, 0.4) is 0 Å². The van der Waals surface area contributed by atoms with Gasteiger partial charge in [-0.15, -0.1) is 0 Å². The molecule has 0 aromatic carbocycles. The van der Waals surface area contributed by atoms with Gasteiger partial charge in [-0.25, -0.2) is 0 Å². The lowest BCUT2D eigenvalue weighted by molar-refractivity contribution is -0.132. The molecular weight excluding hydrogens is 214 g/mol. The summed E-state index contributed by atoms with van der Waals surface area (Å²) in [6, 6.07) is 5.94. The number of amides is 1. The normalized spacial score (nSPS) is 20.3. The Kier molecular flexibility index (Phi) is 4.09. The minimum Gasteiger partial charge on any atom is -0.341 e. The molecule has 1 atom stereocenters. The first-order chi connectivity index (χ1) is 8.25. The van der Waals surface area contributed by atoms with Crippen molar-refractivity contribution in [2.75, 3.05) is 13.1 Å². The maximum absolute atomic E-state index is 12.0. The van der Waals surface area contributed by atoms with Crippen molar-refractivity contribution in [1.29, 1.82) is 0 Å². The van der Waals surface area contributed by atoms with Crippen LogP contribution in [-0.2, 0) is 11.2 Å². The number of carbonyl (C=O) groups excluding carboxylic acids is 1. The lowest BCUT2D eigenvalue weighted by Gasteiger charge is -2.30. The quantitative estimate of drug-likeness (QED) is 0.846. The molecule has 1 aliphatic heterocycles. The molecule has 1 amide bonds. The summed E-state index contributed by atoms with van der Waals surface area (Å²) in [5.74, 6) is 0.200. The average molecular weight is 233 g/mol. The topological polar surface area (TPSA) is 59.2 Å². The molecule has 4 nitrogen and oxygen atoms in total. The minimum atomic E-state index is 0.155. The average Bonchev–Trinajstić information content (AvgIpc) is 2.37. The minimum absolute atomic E-state index is 0.155. The number of aryl methyl sites for hydroxylation is 1. The van der Waals surface area contributed by atoms with E-state index in [0.29, 0.717) is 19.4 Å². The van der Waals surface area contributed by atoms with Gasteiger partial charge < -0.3 is 10.6 Å². The van der Waals surface area contributed by atoms with Crippen molar-refractivity contribution in [3.05, 3.63) is 30.1 Å². The Bertz CT molecular complexity index is 366. The first kappa shape index (κ1) is 12.0. The molecule has 1 saturated heterocycles. The van der Waals surface area contributed by atoms with E-state index in [9.17, 15) is 4.79 Å². The fourth-order valence-electron chi connectivity index (χ4n) is 2.18. The number of rotatable bonds is 3. The summed E-state index contributed by atoms with van der Waals surface area (Å²) in [5, 5.41) is 0. The Balaban J connectivity index is 1.81. The van der Waals surface area contributed by atoms with Crippen LogP contribution in [0.5, 0.6) is 0 Å². The molecule has 92 valence electrons. The monoisotopic (exact) mass is 233 g/mol. The second kappa shape index (κ2) is 5.77. The second-order valence-corrected chi connectivity index (χ2v) is 4.56. The van der Waals surface area contributed by atoms with Gasteiger partial charge in [-0.3, -0.25) is 9.78 Å². The van der Waals surface area contributed by atoms with Crippen molar-refractivity contribution in [2.24, 2.45) is 5.73 Å². The van der Waals surface area contributed by atoms with E-state index in [1.807, 2.05) is 23.1 Å². The van der Waals surface area contributed by atoms with Crippen molar-refractivity contribution >= 4 is 5.91 Å². The highest BCUT2D eigenvalue weighted by atomic mass is 16.2. The number of hydrogen-bond acceptors (Lipinski definition) is 3. The fourth-order valence-corrected chi connectivity index (χ4v) is 2.18. The zero-order valence-corrected chi connectivity index (χ0v) is 10.0. The zero-order valence-electron chi connectivity index (χ0n) is 10.0. The van der Waals surface area contributed by atoms with Crippen LogP contribution < -0.4 is 5.73 Å². The van der Waals surface area contributed by atoms with E-state index in [2.05, 4.69) is 4.98 Å². The van der Waals surface area contributed by atoms with Gasteiger partial charge in [0.15, 0.2) is 0 Å². The predicted octanol–water partition coefficient (Wildman–Crippen LogP) is 0.964. The summed E-state index contributed by atoms with van der Waals surface area (Å²) in [4.78, 5) is 18.1. The van der Waals surface area contributed by atoms with Crippen LogP contribution in [0.15, 0.2) is 24.4 Å². The van der Waals surface area contributed by atoms with Gasteiger partial charge >= 0.3 is 0 Å². The molecule has 1 aromatic heterocycles. The molecule has 1 aromatic rings. The highest BCUT2D eigenvalue weighted by Crippen LogP contribution is 2.10. The number of carbonyl (C=O) groups is 1. The third kappa shape index (κ3) is 3.53. The largest absolute Gasteiger partial charge is 0.341 e. The number of aromatic nitrogens is 1. The van der Waals surface area contributed by atoms with Crippen molar-refractivity contribution in [3.63, 3.8) is 0 Å². The van der Waals surface area contributed by atoms with Gasteiger partial charge in [0.25, 0.3) is 0 Å². The second-order valence-electron chi connectivity index (χ2n) is 4.56. The number of piperidine rings is 1. The molecule has 0 radical (unpaired) electrons. The Hall–Kier alpha value is -1.42. The van der Waals surface area contributed by atoms with E-state index in [4.69, 9.17) is 5.73 Å². The summed E-state index contributed by atoms with van der Waals surface area (Å²) in [7, 11) is 0. The first-order valence-corrected chi connectivity index (χ1v) is 6.19. The summed E-state index contributed by atoms with van der Waals surface area (Å²) in [6.07, 6.45) is 5.06. The fraction of sp³-hybridized carbons (Fsp3) is 0.538. The van der Waals surface area contributed by atoms with Gasteiger partial charge in [0.05, 0.1) is 0 Å². The van der Waals surface area contributed by atoms with Crippen LogP contribution >= 0.6 is 0 Å². The third-order valence-corrected chi connectivity index (χ3v) is 3.13. The molecule has 17 heavy (non-hydrogen) atoms. The van der Waals surface area contributed by atoms with Gasteiger partial charge in [-0.1, -0.05) is 6.07 Å². The van der Waals surface area contributed by atoms with Crippen molar-refractivity contribution in [2.45, 2.75) is 31.7 Å². The molecule has 1 fully saturated rings. The smallest absolute Gasteiger partial charge is 0.223 e. The maximum atomic E-state index is 12.0. The van der Waals surface area contributed by atoms with Crippen LogP contribution in [-0.4, -0.2) is 34.9 Å². The SMILES string of the molecule is N[C@@H]1CCCN(C(=O)CCc2ccccn2)C1. The Labute approximate surface area is 102 Å². The Morgan fingerprint density at radius 2 is 2.41 bits per heavy atom. The molecule has 0 saturated carbocycles. The van der Waals surface area contributed by atoms with Gasteiger partial charge in [0.1, 0.15) is 0 Å². The summed E-state index contributed by atoms with van der Waals surface area (Å²) < 4.78 is 0. The van der Waals surface area contributed by atoms with Crippen LogP contribution in [0.1, 0.15) is 25.0 Å². The summed E-state index contributed by atoms with van der Waals surface area (Å²) in [5.41, 5.74) is 6.84. The van der Waals surface area contributed by atoms with E-state index < -0.39 is 0 Å². The first-order valence-electron chi connectivity index (χ1n) is 6.19. The molecule has 0 bridgehead atoms. The third-order valence-electron chi connectivity index (χ3n) is 3.13. The highest BCUT2D eigenvalue weighted by molar-refractivity contribution is 5.76. The van der Waals surface area contributed by atoms with Crippen molar-refractivity contribution < 1.29 is 4.79 Å². The number of nitrogens with two attached hydrogens (primary N) is 1. The number of nitrogens with zero attached hydrogens (tertiary/aromatic N) is 2. The molecular formula is C13H19N3O. The van der Waals surface area contributed by atoms with Crippen LogP contribution in [0.25, 0.3) is 0 Å². The van der Waals surface area contributed by atoms with E-state index >= 15 is 0 Å². The predicted molar refractivity (Wildman–Crippen MR) is 66.3 cm³/mol. The maximum Gasteiger partial charge on any atom is 0.223 e. The van der Waals surface area contributed by atoms with E-state index in [0.717, 1.165) is 25.1 Å². The van der Waals surface area contributed by atoms with E-state index in [1.54, 1.807) is 6.20 Å². The van der Waals surface area contributed by atoms with E-state index in [1.165, 1.54) is 0 Å². The summed E-state index contributed by atoms with van der Waals surface area (Å²) >= 11 is 0. The number of hydrogen-bond donors (Lipinski definition) is 1. The molecule has 2 heterocycles. The van der Waals surface area contributed by atoms with Crippen molar-refractivity contribution in [3.8, 4) is 0 Å². The van der Waals surface area contributed by atoms with E-state index in [-0.39, 0.29) is 11.9 Å². The molecule has 2 rings (SSSR count). The Morgan fingerprint density at radius 1 is 1.53 bits per heavy atom. The molecule has 0 unspecified atom stereocenters. The van der Waals surface area contributed by atoms with Gasteiger partial charge in [0.2, 0.25) is 5.91 Å². The highest BCUT2D eigenvalue weighted by Gasteiger charge is 2.20. The number of likely N-dealkylation sites (tertiary alicyclic amines) is 1.